The number of hydrogen-bond donors (Lipinski definition) is 0. The van der Waals surface area contributed by atoms with Gasteiger partial charge in [-0.05, 0) is 114 Å². The molecule has 64 heavy (non-hydrogen) atoms. The van der Waals surface area contributed by atoms with E-state index in [1.165, 1.54) is 32.3 Å². The molecule has 0 saturated heterocycles. The molecule has 0 amide bonds. The first-order valence-electron chi connectivity index (χ1n) is 21.8. The van der Waals surface area contributed by atoms with E-state index in [-0.39, 0.29) is 0 Å². The van der Waals surface area contributed by atoms with Crippen LogP contribution in [0.4, 0.5) is 0 Å². The second-order valence-corrected chi connectivity index (χ2v) is 16.9. The molecule has 0 aliphatic heterocycles. The molecule has 4 heterocycles. The van der Waals surface area contributed by atoms with E-state index in [1.54, 1.807) is 0 Å². The Morgan fingerprint density at radius 3 is 1.42 bits per heavy atom. The van der Waals surface area contributed by atoms with E-state index in [0.717, 1.165) is 110 Å². The summed E-state index contributed by atoms with van der Waals surface area (Å²) in [5.41, 5.74) is 12.3. The zero-order valence-electron chi connectivity index (χ0n) is 34.4. The molecule has 0 radical (unpaired) electrons. The van der Waals surface area contributed by atoms with Crippen LogP contribution in [0.15, 0.2) is 206 Å². The Hall–Kier alpha value is -8.60. The van der Waals surface area contributed by atoms with Crippen LogP contribution in [0.5, 0.6) is 0 Å². The van der Waals surface area contributed by atoms with E-state index in [4.69, 9.17) is 19.9 Å². The largest absolute Gasteiger partial charge is 0.254 e. The summed E-state index contributed by atoms with van der Waals surface area (Å²) < 4.78 is 0. The van der Waals surface area contributed by atoms with Gasteiger partial charge in [0.25, 0.3) is 0 Å². The monoisotopic (exact) mass is 810 g/mol. The molecular weight excluding hydrogens is 777 g/mol. The number of pyridine rings is 4. The number of hydrogen-bond acceptors (Lipinski definition) is 4. The first-order valence-corrected chi connectivity index (χ1v) is 21.8. The molecule has 0 aliphatic rings. The Bertz CT molecular complexity index is 4190. The Balaban J connectivity index is 0.842. The summed E-state index contributed by atoms with van der Waals surface area (Å²) in [6, 6.07) is 71.9. The van der Waals surface area contributed by atoms with Crippen molar-refractivity contribution in [2.24, 2.45) is 0 Å². The quantitative estimate of drug-likeness (QED) is 0.131. The molecule has 0 saturated carbocycles. The highest BCUT2D eigenvalue weighted by Gasteiger charge is 2.20. The van der Waals surface area contributed by atoms with Crippen molar-refractivity contribution in [1.82, 2.24) is 19.9 Å². The van der Waals surface area contributed by atoms with Gasteiger partial charge < -0.3 is 0 Å². The van der Waals surface area contributed by atoms with E-state index in [0.29, 0.717) is 0 Å². The minimum Gasteiger partial charge on any atom is -0.254 e. The molecule has 0 spiro atoms. The van der Waals surface area contributed by atoms with Crippen LogP contribution in [-0.2, 0) is 0 Å². The van der Waals surface area contributed by atoms with Crippen LogP contribution in [0, 0.1) is 0 Å². The van der Waals surface area contributed by atoms with Crippen molar-refractivity contribution in [3.63, 3.8) is 0 Å². The van der Waals surface area contributed by atoms with Gasteiger partial charge in [0.1, 0.15) is 0 Å². The molecule has 294 valence electrons. The summed E-state index contributed by atoms with van der Waals surface area (Å²) in [6.45, 7) is 0. The fourth-order valence-electron chi connectivity index (χ4n) is 10.4. The Kier molecular flexibility index (Phi) is 7.36. The molecule has 0 fully saturated rings. The summed E-state index contributed by atoms with van der Waals surface area (Å²) in [5, 5.41) is 16.6. The summed E-state index contributed by atoms with van der Waals surface area (Å²) in [6.07, 6.45) is 1.85. The molecule has 0 atom stereocenters. The lowest BCUT2D eigenvalue weighted by molar-refractivity contribution is 1.38. The number of nitrogens with zero attached hydrogens (tertiary/aromatic N) is 4. The molecule has 0 aliphatic carbocycles. The number of aromatic nitrogens is 4. The molecule has 0 bridgehead atoms. The van der Waals surface area contributed by atoms with Gasteiger partial charge in [-0.1, -0.05) is 152 Å². The molecule has 14 aromatic rings. The number of benzene rings is 10. The van der Waals surface area contributed by atoms with Gasteiger partial charge in [0.15, 0.2) is 0 Å². The average molecular weight is 811 g/mol. The van der Waals surface area contributed by atoms with Gasteiger partial charge in [-0.15, -0.1) is 0 Å². The lowest BCUT2D eigenvalue weighted by atomic mass is 9.88. The highest BCUT2D eigenvalue weighted by molar-refractivity contribution is 6.25. The SMILES string of the molecule is c1cnc2c(c1)ccc1ccc(-c3c4ccccc4c(-c4ccc5cc(-c6ccc7nc(-c8ccc9ccc%10cccc%11ccc8c9c%10%11)ccc7c6)ccc5n4)c4ccccc34)nc12. The minimum atomic E-state index is 0.911. The van der Waals surface area contributed by atoms with Gasteiger partial charge in [-0.2, -0.15) is 0 Å². The molecule has 4 aromatic heterocycles. The number of rotatable bonds is 4. The maximum absolute atomic E-state index is 5.36. The van der Waals surface area contributed by atoms with Crippen LogP contribution in [0.3, 0.4) is 0 Å². The van der Waals surface area contributed by atoms with Crippen LogP contribution >= 0.6 is 0 Å². The second kappa shape index (κ2) is 13.4. The van der Waals surface area contributed by atoms with Crippen molar-refractivity contribution in [3.05, 3.63) is 206 Å². The van der Waals surface area contributed by atoms with Crippen molar-refractivity contribution in [3.8, 4) is 44.9 Å². The van der Waals surface area contributed by atoms with Gasteiger partial charge in [0.2, 0.25) is 0 Å². The van der Waals surface area contributed by atoms with E-state index in [1.807, 2.05) is 12.3 Å². The first kappa shape index (κ1) is 35.0. The molecule has 4 heteroatoms. The third kappa shape index (κ3) is 5.23. The fraction of sp³-hybridized carbons (Fsp3) is 0. The summed E-state index contributed by atoms with van der Waals surface area (Å²) >= 11 is 0. The molecule has 0 N–H and O–H groups in total. The molecule has 10 aromatic carbocycles. The maximum atomic E-state index is 5.36. The lowest BCUT2D eigenvalue weighted by Gasteiger charge is -2.17. The Labute approximate surface area is 367 Å². The van der Waals surface area contributed by atoms with E-state index < -0.39 is 0 Å². The standard InChI is InChI=1S/C60H34N4/c1-3-12-47-45(10-1)57(46-11-2-4-13-48(46)58(47)54-30-20-39-17-16-38-9-6-32-61-59(38)60(39)64-54)53-31-24-43-34-41(22-28-51(43)63-53)40-21-27-50-42(33-40)23-29-52(62-50)44-25-18-37-15-14-35-7-5-8-36-19-26-49(44)56(37)55(35)36/h1-34H. The van der Waals surface area contributed by atoms with Gasteiger partial charge in [0, 0.05) is 44.4 Å². The number of fused-ring (bicyclic) bond motifs is 7. The highest BCUT2D eigenvalue weighted by Crippen LogP contribution is 2.44. The van der Waals surface area contributed by atoms with E-state index in [9.17, 15) is 0 Å². The van der Waals surface area contributed by atoms with Crippen molar-refractivity contribution in [2.45, 2.75) is 0 Å². The van der Waals surface area contributed by atoms with E-state index in [2.05, 4.69) is 194 Å². The van der Waals surface area contributed by atoms with Gasteiger partial charge in [-0.3, -0.25) is 4.98 Å². The van der Waals surface area contributed by atoms with Crippen LogP contribution in [0.1, 0.15) is 0 Å². The lowest BCUT2D eigenvalue weighted by Crippen LogP contribution is -1.95. The van der Waals surface area contributed by atoms with Crippen LogP contribution in [0.25, 0.3) is 142 Å². The summed E-state index contributed by atoms with van der Waals surface area (Å²) in [7, 11) is 0. The van der Waals surface area contributed by atoms with Crippen LogP contribution in [-0.4, -0.2) is 19.9 Å². The van der Waals surface area contributed by atoms with Gasteiger partial charge >= 0.3 is 0 Å². The van der Waals surface area contributed by atoms with Crippen LogP contribution < -0.4 is 0 Å². The van der Waals surface area contributed by atoms with Gasteiger partial charge in [0.05, 0.1) is 39.1 Å². The summed E-state index contributed by atoms with van der Waals surface area (Å²) in [4.78, 5) is 20.6. The predicted octanol–water partition coefficient (Wildman–Crippen LogP) is 15.8. The minimum absolute atomic E-state index is 0.911. The molecular formula is C60H34N4. The average Bonchev–Trinajstić information content (AvgIpc) is 3.36. The topological polar surface area (TPSA) is 51.6 Å². The Morgan fingerprint density at radius 1 is 0.281 bits per heavy atom. The predicted molar refractivity (Wildman–Crippen MR) is 268 cm³/mol. The molecule has 0 unspecified atom stereocenters. The molecule has 4 nitrogen and oxygen atoms in total. The van der Waals surface area contributed by atoms with Crippen molar-refractivity contribution >= 4 is 97.5 Å². The normalized spacial score (nSPS) is 12.1. The zero-order valence-corrected chi connectivity index (χ0v) is 34.4. The van der Waals surface area contributed by atoms with E-state index >= 15 is 0 Å². The fourth-order valence-corrected chi connectivity index (χ4v) is 10.4. The smallest absolute Gasteiger partial charge is 0.0972 e. The van der Waals surface area contributed by atoms with Crippen LogP contribution in [0.2, 0.25) is 0 Å². The highest BCUT2D eigenvalue weighted by atomic mass is 14.8. The second-order valence-electron chi connectivity index (χ2n) is 16.9. The third-order valence-electron chi connectivity index (χ3n) is 13.4. The molecule has 14 rings (SSSR count). The maximum Gasteiger partial charge on any atom is 0.0972 e. The third-order valence-corrected chi connectivity index (χ3v) is 13.4. The van der Waals surface area contributed by atoms with Crippen molar-refractivity contribution < 1.29 is 0 Å². The zero-order chi connectivity index (χ0) is 41.9. The van der Waals surface area contributed by atoms with Gasteiger partial charge in [-0.25, -0.2) is 15.0 Å². The summed E-state index contributed by atoms with van der Waals surface area (Å²) in [5.74, 6) is 0. The van der Waals surface area contributed by atoms with Crippen molar-refractivity contribution in [1.29, 1.82) is 0 Å². The Morgan fingerprint density at radius 2 is 0.766 bits per heavy atom. The first-order chi connectivity index (χ1) is 31.7. The van der Waals surface area contributed by atoms with Crippen molar-refractivity contribution in [2.75, 3.05) is 0 Å².